The summed E-state index contributed by atoms with van der Waals surface area (Å²) in [6.45, 7) is 4.24. The number of hydrogen-bond donors (Lipinski definition) is 3. The van der Waals surface area contributed by atoms with E-state index in [9.17, 15) is 14.7 Å². The van der Waals surface area contributed by atoms with E-state index in [0.717, 1.165) is 47.3 Å². The SMILES string of the molecule is CCCCc1ncc(C[C@H](C(=O)N[C@H](C)Cc2cn(C(=O)O)c3ccccc23)c2ccc3c(c2)OCO3)[nH]1. The van der Waals surface area contributed by atoms with Crippen molar-refractivity contribution in [3.63, 3.8) is 0 Å². The van der Waals surface area contributed by atoms with Crippen molar-refractivity contribution < 1.29 is 24.2 Å². The van der Waals surface area contributed by atoms with Crippen LogP contribution in [0.4, 0.5) is 4.79 Å². The van der Waals surface area contributed by atoms with E-state index in [1.54, 1.807) is 12.3 Å². The highest BCUT2D eigenvalue weighted by Gasteiger charge is 2.26. The molecule has 1 aliphatic heterocycles. The average Bonchev–Trinajstić information content (AvgIpc) is 3.64. The molecule has 3 heterocycles. The van der Waals surface area contributed by atoms with Gasteiger partial charge in [0.25, 0.3) is 0 Å². The summed E-state index contributed by atoms with van der Waals surface area (Å²) in [7, 11) is 0. The van der Waals surface area contributed by atoms with Crippen LogP contribution in [0.15, 0.2) is 54.9 Å². The van der Waals surface area contributed by atoms with Gasteiger partial charge in [0.05, 0.1) is 11.4 Å². The smallest absolute Gasteiger partial charge is 0.416 e. The monoisotopic (exact) mass is 516 g/mol. The molecule has 198 valence electrons. The summed E-state index contributed by atoms with van der Waals surface area (Å²) in [6.07, 6.45) is 6.36. The number of aromatic nitrogens is 3. The minimum absolute atomic E-state index is 0.122. The number of fused-ring (bicyclic) bond motifs is 2. The van der Waals surface area contributed by atoms with Crippen LogP contribution >= 0.6 is 0 Å². The number of ether oxygens (including phenoxy) is 2. The number of aromatic amines is 1. The summed E-state index contributed by atoms with van der Waals surface area (Å²) in [6, 6.07) is 12.8. The Labute approximate surface area is 220 Å². The Hall–Kier alpha value is -4.27. The maximum absolute atomic E-state index is 13.7. The van der Waals surface area contributed by atoms with Crippen molar-refractivity contribution in [1.29, 1.82) is 0 Å². The zero-order chi connectivity index (χ0) is 26.6. The number of carboxylic acid groups (broad SMARTS) is 1. The topological polar surface area (TPSA) is 118 Å². The van der Waals surface area contributed by atoms with Crippen LogP contribution in [0.2, 0.25) is 0 Å². The number of rotatable bonds is 10. The summed E-state index contributed by atoms with van der Waals surface area (Å²) in [4.78, 5) is 33.3. The Kier molecular flexibility index (Phi) is 7.35. The maximum atomic E-state index is 13.7. The minimum Gasteiger partial charge on any atom is -0.464 e. The van der Waals surface area contributed by atoms with E-state index < -0.39 is 12.0 Å². The molecule has 4 aromatic rings. The van der Waals surface area contributed by atoms with Crippen LogP contribution in [0.1, 0.15) is 55.3 Å². The number of hydrogen-bond acceptors (Lipinski definition) is 5. The minimum atomic E-state index is -1.04. The van der Waals surface area contributed by atoms with Crippen LogP contribution in [0.25, 0.3) is 10.9 Å². The Bertz CT molecular complexity index is 1460. The van der Waals surface area contributed by atoms with Gasteiger partial charge >= 0.3 is 6.09 Å². The van der Waals surface area contributed by atoms with Gasteiger partial charge in [0.1, 0.15) is 5.82 Å². The molecule has 0 spiro atoms. The third kappa shape index (κ3) is 5.37. The van der Waals surface area contributed by atoms with Gasteiger partial charge in [0, 0.05) is 42.4 Å². The van der Waals surface area contributed by atoms with E-state index >= 15 is 0 Å². The summed E-state index contributed by atoms with van der Waals surface area (Å²) in [5.41, 5.74) is 3.21. The van der Waals surface area contributed by atoms with Gasteiger partial charge in [-0.2, -0.15) is 0 Å². The Morgan fingerprint density at radius 1 is 1.16 bits per heavy atom. The number of imidazole rings is 1. The van der Waals surface area contributed by atoms with Crippen LogP contribution in [0, 0.1) is 0 Å². The van der Waals surface area contributed by atoms with E-state index in [0.29, 0.717) is 29.9 Å². The standard InChI is InChI=1S/C29H32N4O5/c1-3-4-9-27-30-15-21(32-27)14-23(19-10-11-25-26(13-19)38-17-37-25)28(34)31-18(2)12-20-16-33(29(35)36)24-8-6-5-7-22(20)24/h5-8,10-11,13,15-16,18,23H,3-4,9,12,14,17H2,1-2H3,(H,30,32)(H,31,34)(H,35,36)/t18-,23+/m1/s1. The number of aryl methyl sites for hydroxylation is 1. The highest BCUT2D eigenvalue weighted by atomic mass is 16.7. The molecule has 0 fully saturated rings. The summed E-state index contributed by atoms with van der Waals surface area (Å²) in [5, 5.41) is 13.6. The van der Waals surface area contributed by atoms with Crippen molar-refractivity contribution in [2.24, 2.45) is 0 Å². The number of carbonyl (C=O) groups excluding carboxylic acids is 1. The molecular formula is C29H32N4O5. The molecule has 0 radical (unpaired) electrons. The average molecular weight is 517 g/mol. The molecule has 5 rings (SSSR count). The molecule has 9 nitrogen and oxygen atoms in total. The third-order valence-electron chi connectivity index (χ3n) is 6.90. The molecule has 1 aliphatic rings. The molecule has 1 amide bonds. The van der Waals surface area contributed by atoms with Gasteiger partial charge in [-0.05, 0) is 49.1 Å². The fraction of sp³-hybridized carbons (Fsp3) is 0.345. The molecule has 0 aliphatic carbocycles. The van der Waals surface area contributed by atoms with Crippen LogP contribution in [-0.4, -0.2) is 44.5 Å². The fourth-order valence-corrected chi connectivity index (χ4v) is 4.99. The molecule has 9 heteroatoms. The zero-order valence-corrected chi connectivity index (χ0v) is 21.6. The van der Waals surface area contributed by atoms with E-state index in [2.05, 4.69) is 22.2 Å². The van der Waals surface area contributed by atoms with Crippen molar-refractivity contribution in [2.45, 2.75) is 57.9 Å². The van der Waals surface area contributed by atoms with Crippen LogP contribution in [-0.2, 0) is 24.1 Å². The van der Waals surface area contributed by atoms with Gasteiger partial charge in [-0.3, -0.25) is 9.36 Å². The number of nitrogens with one attached hydrogen (secondary N) is 2. The van der Waals surface area contributed by atoms with E-state index in [1.807, 2.05) is 49.5 Å². The lowest BCUT2D eigenvalue weighted by Gasteiger charge is -2.21. The van der Waals surface area contributed by atoms with E-state index in [1.165, 1.54) is 4.57 Å². The number of amides is 1. The predicted octanol–water partition coefficient (Wildman–Crippen LogP) is 5.04. The first-order valence-corrected chi connectivity index (χ1v) is 13.0. The maximum Gasteiger partial charge on any atom is 0.416 e. The second kappa shape index (κ2) is 11.0. The van der Waals surface area contributed by atoms with Gasteiger partial charge in [0.15, 0.2) is 11.5 Å². The number of nitrogens with zero attached hydrogens (tertiary/aromatic N) is 2. The summed E-state index contributed by atoms with van der Waals surface area (Å²) < 4.78 is 12.2. The Morgan fingerprint density at radius 3 is 2.79 bits per heavy atom. The van der Waals surface area contributed by atoms with Crippen molar-refractivity contribution >= 4 is 22.9 Å². The van der Waals surface area contributed by atoms with Crippen molar-refractivity contribution in [2.75, 3.05) is 6.79 Å². The molecular weight excluding hydrogens is 484 g/mol. The molecule has 2 aromatic carbocycles. The lowest BCUT2D eigenvalue weighted by Crippen LogP contribution is -2.38. The largest absolute Gasteiger partial charge is 0.464 e. The van der Waals surface area contributed by atoms with Crippen LogP contribution in [0.3, 0.4) is 0 Å². The van der Waals surface area contributed by atoms with Gasteiger partial charge in [-0.25, -0.2) is 9.78 Å². The molecule has 0 bridgehead atoms. The quantitative estimate of drug-likeness (QED) is 0.272. The molecule has 0 unspecified atom stereocenters. The second-order valence-corrected chi connectivity index (χ2v) is 9.77. The van der Waals surface area contributed by atoms with Crippen LogP contribution in [0.5, 0.6) is 11.5 Å². The van der Waals surface area contributed by atoms with Crippen molar-refractivity contribution in [1.82, 2.24) is 19.9 Å². The zero-order valence-electron chi connectivity index (χ0n) is 21.6. The third-order valence-corrected chi connectivity index (χ3v) is 6.90. The molecule has 3 N–H and O–H groups in total. The number of para-hydroxylation sites is 1. The summed E-state index contributed by atoms with van der Waals surface area (Å²) in [5.74, 6) is 1.62. The highest BCUT2D eigenvalue weighted by molar-refractivity contribution is 5.91. The predicted molar refractivity (Wildman–Crippen MR) is 143 cm³/mol. The lowest BCUT2D eigenvalue weighted by atomic mass is 9.92. The number of benzene rings is 2. The molecule has 38 heavy (non-hydrogen) atoms. The first-order valence-electron chi connectivity index (χ1n) is 13.0. The molecule has 0 saturated heterocycles. The summed E-state index contributed by atoms with van der Waals surface area (Å²) >= 11 is 0. The van der Waals surface area contributed by atoms with Crippen molar-refractivity contribution in [3.05, 3.63) is 77.5 Å². The van der Waals surface area contributed by atoms with Gasteiger partial charge in [-0.15, -0.1) is 0 Å². The number of carbonyl (C=O) groups is 2. The molecule has 2 aromatic heterocycles. The van der Waals surface area contributed by atoms with Gasteiger partial charge in [0.2, 0.25) is 12.7 Å². The van der Waals surface area contributed by atoms with Gasteiger partial charge in [-0.1, -0.05) is 37.6 Å². The molecule has 2 atom stereocenters. The van der Waals surface area contributed by atoms with Gasteiger partial charge < -0.3 is 24.9 Å². The van der Waals surface area contributed by atoms with E-state index in [-0.39, 0.29) is 18.7 Å². The fourth-order valence-electron chi connectivity index (χ4n) is 4.99. The highest BCUT2D eigenvalue weighted by Crippen LogP contribution is 2.35. The Balaban J connectivity index is 1.36. The van der Waals surface area contributed by atoms with Crippen molar-refractivity contribution in [3.8, 4) is 11.5 Å². The number of unbranched alkanes of at least 4 members (excludes halogenated alkanes) is 1. The van der Waals surface area contributed by atoms with Crippen LogP contribution < -0.4 is 14.8 Å². The normalized spacial score (nSPS) is 13.9. The first kappa shape index (κ1) is 25.4. The Morgan fingerprint density at radius 2 is 1.97 bits per heavy atom. The lowest BCUT2D eigenvalue weighted by molar-refractivity contribution is -0.123. The van der Waals surface area contributed by atoms with E-state index in [4.69, 9.17) is 9.47 Å². The number of H-pyrrole nitrogens is 1. The second-order valence-electron chi connectivity index (χ2n) is 9.77. The first-order chi connectivity index (χ1) is 18.4. The molecule has 0 saturated carbocycles.